The topological polar surface area (TPSA) is 112 Å². The maximum Gasteiger partial charge on any atom is 0.271 e. The Hall–Kier alpha value is -2.41. The lowest BCUT2D eigenvalue weighted by molar-refractivity contribution is -0.384. The van der Waals surface area contributed by atoms with E-state index in [0.717, 1.165) is 6.07 Å². The number of aliphatic carboxylic acids is 1. The van der Waals surface area contributed by atoms with Crippen LogP contribution in [0.1, 0.15) is 12.8 Å². The summed E-state index contributed by atoms with van der Waals surface area (Å²) in [7, 11) is 0. The summed E-state index contributed by atoms with van der Waals surface area (Å²) in [6.07, 6.45) is 3.88. The first-order valence-corrected chi connectivity index (χ1v) is 6.88. The normalized spacial score (nSPS) is 20.4. The van der Waals surface area contributed by atoms with Gasteiger partial charge in [0.1, 0.15) is 0 Å². The number of carboxylic acid groups (broad SMARTS) is 1. The molecule has 2 rings (SSSR count). The summed E-state index contributed by atoms with van der Waals surface area (Å²) in [5.41, 5.74) is -0.146. The highest BCUT2D eigenvalue weighted by Crippen LogP contribution is 2.30. The average molecular weight is 324 g/mol. The van der Waals surface area contributed by atoms with Crippen molar-refractivity contribution in [3.05, 3.63) is 45.5 Å². The Morgan fingerprint density at radius 2 is 1.86 bits per heavy atom. The Morgan fingerprint density at radius 1 is 1.23 bits per heavy atom. The number of anilines is 1. The van der Waals surface area contributed by atoms with Crippen molar-refractivity contribution in [2.45, 2.75) is 12.8 Å². The number of carbonyl (C=O) groups excluding carboxylic acids is 2. The number of carboxylic acids is 1. The lowest BCUT2D eigenvalue weighted by atomic mass is 9.82. The highest BCUT2D eigenvalue weighted by molar-refractivity contribution is 6.33. The minimum absolute atomic E-state index is 0.0764. The minimum atomic E-state index is -1.30. The van der Waals surface area contributed by atoms with Gasteiger partial charge in [0.25, 0.3) is 5.69 Å². The van der Waals surface area contributed by atoms with Crippen LogP contribution >= 0.6 is 11.6 Å². The van der Waals surface area contributed by atoms with Crippen LogP contribution in [0.5, 0.6) is 0 Å². The van der Waals surface area contributed by atoms with Crippen molar-refractivity contribution in [2.75, 3.05) is 5.32 Å². The number of non-ortho nitro benzene ring substituents is 1. The fraction of sp³-hybridized carbons (Fsp3) is 0.286. The molecule has 1 aromatic rings. The molecule has 0 unspecified atom stereocenters. The first kappa shape index (κ1) is 16.0. The number of allylic oxidation sites excluding steroid dienone is 2. The van der Waals surface area contributed by atoms with Gasteiger partial charge in [-0.2, -0.15) is 0 Å². The number of nitro groups is 1. The number of amides is 1. The highest BCUT2D eigenvalue weighted by atomic mass is 35.5. The minimum Gasteiger partial charge on any atom is -0.550 e. The summed E-state index contributed by atoms with van der Waals surface area (Å²) < 4.78 is 0. The van der Waals surface area contributed by atoms with E-state index < -0.39 is 28.6 Å². The molecule has 0 aliphatic heterocycles. The zero-order chi connectivity index (χ0) is 16.3. The number of hydrogen-bond acceptors (Lipinski definition) is 5. The maximum absolute atomic E-state index is 12.3. The van der Waals surface area contributed by atoms with Crippen LogP contribution in [0, 0.1) is 22.0 Å². The van der Waals surface area contributed by atoms with Crippen molar-refractivity contribution in [3.8, 4) is 0 Å². The van der Waals surface area contributed by atoms with Gasteiger partial charge in [-0.1, -0.05) is 23.8 Å². The van der Waals surface area contributed by atoms with Crippen molar-refractivity contribution in [1.29, 1.82) is 0 Å². The van der Waals surface area contributed by atoms with E-state index in [1.807, 2.05) is 0 Å². The monoisotopic (exact) mass is 323 g/mol. The smallest absolute Gasteiger partial charge is 0.271 e. The van der Waals surface area contributed by atoms with Crippen LogP contribution in [0.25, 0.3) is 0 Å². The molecule has 0 aromatic heterocycles. The van der Waals surface area contributed by atoms with Gasteiger partial charge >= 0.3 is 0 Å². The van der Waals surface area contributed by atoms with Crippen LogP contribution in [0.3, 0.4) is 0 Å². The molecule has 8 heteroatoms. The van der Waals surface area contributed by atoms with Crippen LogP contribution in [0.4, 0.5) is 11.4 Å². The second-order valence-corrected chi connectivity index (χ2v) is 5.29. The molecule has 0 spiro atoms. The van der Waals surface area contributed by atoms with Crippen LogP contribution in [0.15, 0.2) is 30.4 Å². The van der Waals surface area contributed by atoms with E-state index in [0.29, 0.717) is 0 Å². The SMILES string of the molecule is O=C([O-])[C@H]1CC=CC[C@@H]1C(=O)Nc1cc([N+](=O)[O-])ccc1Cl. The molecule has 116 valence electrons. The number of nitrogens with zero attached hydrogens (tertiary/aromatic N) is 1. The summed E-state index contributed by atoms with van der Waals surface area (Å²) in [6.45, 7) is 0. The zero-order valence-electron chi connectivity index (χ0n) is 11.3. The van der Waals surface area contributed by atoms with E-state index in [-0.39, 0.29) is 29.2 Å². The number of carbonyl (C=O) groups is 2. The van der Waals surface area contributed by atoms with Gasteiger partial charge in [0.2, 0.25) is 5.91 Å². The second-order valence-electron chi connectivity index (χ2n) is 4.89. The molecule has 0 fully saturated rings. The molecule has 1 aliphatic rings. The number of rotatable bonds is 4. The van der Waals surface area contributed by atoms with Gasteiger partial charge in [-0.05, 0) is 18.9 Å². The average Bonchev–Trinajstić information content (AvgIpc) is 2.49. The van der Waals surface area contributed by atoms with Crippen LogP contribution < -0.4 is 10.4 Å². The molecular formula is C14H12ClN2O5-. The molecule has 1 aliphatic carbocycles. The molecule has 1 amide bonds. The first-order chi connectivity index (χ1) is 10.4. The van der Waals surface area contributed by atoms with E-state index in [9.17, 15) is 24.8 Å². The molecule has 0 bridgehead atoms. The summed E-state index contributed by atoms with van der Waals surface area (Å²) in [5.74, 6) is -3.58. The number of hydrogen-bond donors (Lipinski definition) is 1. The fourth-order valence-electron chi connectivity index (χ4n) is 2.31. The fourth-order valence-corrected chi connectivity index (χ4v) is 2.48. The Kier molecular flexibility index (Phi) is 4.77. The number of nitro benzene ring substituents is 1. The molecule has 1 N–H and O–H groups in total. The Labute approximate surface area is 130 Å². The summed E-state index contributed by atoms with van der Waals surface area (Å²) in [5, 5.41) is 24.4. The van der Waals surface area contributed by atoms with E-state index in [1.165, 1.54) is 12.1 Å². The lowest BCUT2D eigenvalue weighted by Crippen LogP contribution is -2.41. The molecular weight excluding hydrogens is 312 g/mol. The number of nitrogens with one attached hydrogen (secondary N) is 1. The maximum atomic E-state index is 12.3. The molecule has 0 saturated heterocycles. The predicted octanol–water partition coefficient (Wildman–Crippen LogP) is 1.52. The Balaban J connectivity index is 2.21. The number of halogens is 1. The molecule has 2 atom stereocenters. The second kappa shape index (κ2) is 6.57. The lowest BCUT2D eigenvalue weighted by Gasteiger charge is -2.28. The van der Waals surface area contributed by atoms with Crippen molar-refractivity contribution >= 4 is 34.9 Å². The molecule has 7 nitrogen and oxygen atoms in total. The summed E-state index contributed by atoms with van der Waals surface area (Å²) in [6, 6.07) is 3.64. The third-order valence-corrected chi connectivity index (χ3v) is 3.82. The van der Waals surface area contributed by atoms with Crippen molar-refractivity contribution in [2.24, 2.45) is 11.8 Å². The summed E-state index contributed by atoms with van der Waals surface area (Å²) >= 11 is 5.90. The molecule has 0 heterocycles. The Morgan fingerprint density at radius 3 is 2.45 bits per heavy atom. The van der Waals surface area contributed by atoms with Gasteiger partial charge in [0.05, 0.1) is 21.6 Å². The van der Waals surface area contributed by atoms with Crippen molar-refractivity contribution in [1.82, 2.24) is 0 Å². The molecule has 1 aromatic carbocycles. The van der Waals surface area contributed by atoms with Gasteiger partial charge in [-0.25, -0.2) is 0 Å². The third-order valence-electron chi connectivity index (χ3n) is 3.49. The van der Waals surface area contributed by atoms with Crippen molar-refractivity contribution in [3.63, 3.8) is 0 Å². The standard InChI is InChI=1S/C14H13ClN2O5/c15-11-6-5-8(17(21)22)7-12(11)16-13(18)9-3-1-2-4-10(9)14(19)20/h1-2,5-7,9-10H,3-4H2,(H,16,18)(H,19,20)/p-1/t9-,10-/m0/s1. The van der Waals surface area contributed by atoms with E-state index in [4.69, 9.17) is 11.6 Å². The van der Waals surface area contributed by atoms with E-state index in [2.05, 4.69) is 5.32 Å². The first-order valence-electron chi connectivity index (χ1n) is 6.51. The molecule has 0 radical (unpaired) electrons. The number of benzene rings is 1. The highest BCUT2D eigenvalue weighted by Gasteiger charge is 2.30. The quantitative estimate of drug-likeness (QED) is 0.513. The predicted molar refractivity (Wildman–Crippen MR) is 77.1 cm³/mol. The van der Waals surface area contributed by atoms with Crippen molar-refractivity contribution < 1.29 is 19.6 Å². The van der Waals surface area contributed by atoms with Crippen LogP contribution in [-0.2, 0) is 9.59 Å². The molecule has 0 saturated carbocycles. The van der Waals surface area contributed by atoms with E-state index >= 15 is 0 Å². The van der Waals surface area contributed by atoms with Gasteiger partial charge in [0.15, 0.2) is 0 Å². The largest absolute Gasteiger partial charge is 0.550 e. The van der Waals surface area contributed by atoms with Gasteiger partial charge < -0.3 is 15.2 Å². The molecule has 22 heavy (non-hydrogen) atoms. The van der Waals surface area contributed by atoms with Gasteiger partial charge in [-0.15, -0.1) is 0 Å². The van der Waals surface area contributed by atoms with Crippen LogP contribution in [0.2, 0.25) is 5.02 Å². The third kappa shape index (κ3) is 3.43. The Bertz CT molecular complexity index is 659. The van der Waals surface area contributed by atoms with E-state index in [1.54, 1.807) is 12.2 Å². The van der Waals surface area contributed by atoms with Gasteiger partial charge in [-0.3, -0.25) is 14.9 Å². The summed E-state index contributed by atoms with van der Waals surface area (Å²) in [4.78, 5) is 33.5. The van der Waals surface area contributed by atoms with Crippen LogP contribution in [-0.4, -0.2) is 16.8 Å². The van der Waals surface area contributed by atoms with Gasteiger partial charge in [0, 0.05) is 24.0 Å². The zero-order valence-corrected chi connectivity index (χ0v) is 12.1.